The van der Waals surface area contributed by atoms with Crippen molar-refractivity contribution in [2.75, 3.05) is 13.8 Å². The van der Waals surface area contributed by atoms with Crippen LogP contribution in [-0.4, -0.2) is 39.4 Å². The van der Waals surface area contributed by atoms with Crippen LogP contribution in [0.15, 0.2) is 24.5 Å². The topological polar surface area (TPSA) is 69.5 Å². The van der Waals surface area contributed by atoms with Crippen molar-refractivity contribution in [1.29, 1.82) is 0 Å². The summed E-state index contributed by atoms with van der Waals surface area (Å²) in [7, 11) is 1.79. The van der Waals surface area contributed by atoms with E-state index in [0.29, 0.717) is 19.4 Å². The van der Waals surface area contributed by atoms with Gasteiger partial charge in [0.25, 0.3) is 0 Å². The van der Waals surface area contributed by atoms with E-state index in [9.17, 15) is 4.79 Å². The number of carbonyl (C=O) groups excluding carboxylic acids is 1. The maximum atomic E-state index is 12.4. The first-order chi connectivity index (χ1) is 11.5. The number of amides is 1. The molecule has 128 valence electrons. The largest absolute Gasteiger partial charge is 0.454 e. The molecule has 0 atom stereocenters. The minimum absolute atomic E-state index is 0.0750. The monoisotopic (exact) mass is 330 g/mol. The zero-order valence-electron chi connectivity index (χ0n) is 14.2. The van der Waals surface area contributed by atoms with Gasteiger partial charge in [0.05, 0.1) is 6.54 Å². The Morgan fingerprint density at radius 2 is 2.12 bits per heavy atom. The lowest BCUT2D eigenvalue weighted by molar-refractivity contribution is -0.130. The second kappa shape index (κ2) is 6.90. The summed E-state index contributed by atoms with van der Waals surface area (Å²) in [5, 5.41) is 8.04. The number of aryl methyl sites for hydroxylation is 1. The Hall–Kier alpha value is -2.57. The number of rotatable bonds is 6. The summed E-state index contributed by atoms with van der Waals surface area (Å²) in [6.07, 6.45) is 2.80. The van der Waals surface area contributed by atoms with Crippen molar-refractivity contribution in [2.24, 2.45) is 0 Å². The van der Waals surface area contributed by atoms with Gasteiger partial charge in [-0.1, -0.05) is 6.07 Å². The Bertz CT molecular complexity index is 726. The second-order valence-corrected chi connectivity index (χ2v) is 6.19. The fourth-order valence-corrected chi connectivity index (χ4v) is 2.65. The van der Waals surface area contributed by atoms with Crippen molar-refractivity contribution >= 4 is 5.91 Å². The smallest absolute Gasteiger partial charge is 0.231 e. The molecule has 24 heavy (non-hydrogen) atoms. The molecule has 0 saturated heterocycles. The van der Waals surface area contributed by atoms with Crippen molar-refractivity contribution in [3.63, 3.8) is 0 Å². The number of nitrogens with zero attached hydrogens (tertiary/aromatic N) is 4. The summed E-state index contributed by atoms with van der Waals surface area (Å²) in [5.41, 5.74) is 1.06. The van der Waals surface area contributed by atoms with Crippen molar-refractivity contribution in [1.82, 2.24) is 19.7 Å². The summed E-state index contributed by atoms with van der Waals surface area (Å²) in [4.78, 5) is 14.1. The summed E-state index contributed by atoms with van der Waals surface area (Å²) >= 11 is 0. The minimum Gasteiger partial charge on any atom is -0.454 e. The van der Waals surface area contributed by atoms with E-state index < -0.39 is 0 Å². The zero-order valence-corrected chi connectivity index (χ0v) is 14.2. The van der Waals surface area contributed by atoms with E-state index >= 15 is 0 Å². The van der Waals surface area contributed by atoms with Gasteiger partial charge in [0, 0.05) is 19.5 Å². The van der Waals surface area contributed by atoms with Crippen LogP contribution >= 0.6 is 0 Å². The van der Waals surface area contributed by atoms with Crippen molar-refractivity contribution < 1.29 is 14.3 Å². The predicted octanol–water partition coefficient (Wildman–Crippen LogP) is 2.18. The number of carbonyl (C=O) groups is 1. The van der Waals surface area contributed by atoms with Crippen molar-refractivity contribution in [3.05, 3.63) is 35.9 Å². The van der Waals surface area contributed by atoms with Crippen LogP contribution in [-0.2, 0) is 17.8 Å². The first-order valence-electron chi connectivity index (χ1n) is 8.05. The van der Waals surface area contributed by atoms with E-state index in [2.05, 4.69) is 24.0 Å². The summed E-state index contributed by atoms with van der Waals surface area (Å²) in [5.74, 6) is 2.38. The quantitative estimate of drug-likeness (QED) is 0.812. The zero-order chi connectivity index (χ0) is 17.1. The highest BCUT2D eigenvalue weighted by atomic mass is 16.7. The van der Waals surface area contributed by atoms with Gasteiger partial charge in [-0.15, -0.1) is 10.2 Å². The predicted molar refractivity (Wildman–Crippen MR) is 87.8 cm³/mol. The van der Waals surface area contributed by atoms with Crippen molar-refractivity contribution in [3.8, 4) is 11.5 Å². The lowest BCUT2D eigenvalue weighted by atomic mass is 10.1. The number of benzene rings is 1. The highest BCUT2D eigenvalue weighted by molar-refractivity contribution is 5.76. The molecule has 2 heterocycles. The van der Waals surface area contributed by atoms with Crippen LogP contribution in [0.4, 0.5) is 0 Å². The van der Waals surface area contributed by atoms with Gasteiger partial charge in [-0.3, -0.25) is 4.79 Å². The van der Waals surface area contributed by atoms with Gasteiger partial charge in [0.1, 0.15) is 6.33 Å². The standard InChI is InChI=1S/C17H22N4O3/c1-12(2)21-10-18-19-16(21)9-20(3)17(22)7-5-13-4-6-14-15(8-13)24-11-23-14/h4,6,8,10,12H,5,7,9,11H2,1-3H3. The number of aromatic nitrogens is 3. The SMILES string of the molecule is CC(C)n1cnnc1CN(C)C(=O)CCc1ccc2c(c1)OCO2. The molecule has 0 fully saturated rings. The normalized spacial score (nSPS) is 12.7. The van der Waals surface area contributed by atoms with E-state index in [1.807, 2.05) is 22.8 Å². The Labute approximate surface area is 141 Å². The maximum absolute atomic E-state index is 12.4. The van der Waals surface area contributed by atoms with Gasteiger partial charge in [0.15, 0.2) is 17.3 Å². The molecule has 0 N–H and O–H groups in total. The molecule has 0 bridgehead atoms. The minimum atomic E-state index is 0.0750. The van der Waals surface area contributed by atoms with E-state index in [1.165, 1.54) is 0 Å². The summed E-state index contributed by atoms with van der Waals surface area (Å²) in [6, 6.07) is 6.06. The third kappa shape index (κ3) is 3.50. The van der Waals surface area contributed by atoms with Gasteiger partial charge in [-0.2, -0.15) is 0 Å². The van der Waals surface area contributed by atoms with Crippen LogP contribution in [0.3, 0.4) is 0 Å². The first kappa shape index (κ1) is 16.3. The molecule has 0 saturated carbocycles. The van der Waals surface area contributed by atoms with Crippen LogP contribution in [0.5, 0.6) is 11.5 Å². The highest BCUT2D eigenvalue weighted by Crippen LogP contribution is 2.32. The summed E-state index contributed by atoms with van der Waals surface area (Å²) in [6.45, 7) is 4.85. The molecule has 1 aromatic heterocycles. The van der Waals surface area contributed by atoms with Crippen LogP contribution in [0.1, 0.15) is 37.7 Å². The molecule has 1 amide bonds. The Morgan fingerprint density at radius 3 is 2.92 bits per heavy atom. The Morgan fingerprint density at radius 1 is 1.33 bits per heavy atom. The lowest BCUT2D eigenvalue weighted by Crippen LogP contribution is -2.28. The fraction of sp³-hybridized carbons (Fsp3) is 0.471. The number of hydrogen-bond donors (Lipinski definition) is 0. The van der Waals surface area contributed by atoms with E-state index in [1.54, 1.807) is 18.3 Å². The van der Waals surface area contributed by atoms with Gasteiger partial charge in [-0.25, -0.2) is 0 Å². The molecule has 7 heteroatoms. The molecular formula is C17H22N4O3. The average Bonchev–Trinajstić information content (AvgIpc) is 3.20. The van der Waals surface area contributed by atoms with Crippen molar-refractivity contribution in [2.45, 2.75) is 39.3 Å². The molecular weight excluding hydrogens is 308 g/mol. The molecule has 1 aliphatic rings. The highest BCUT2D eigenvalue weighted by Gasteiger charge is 2.16. The van der Waals surface area contributed by atoms with E-state index in [0.717, 1.165) is 22.9 Å². The van der Waals surface area contributed by atoms with Gasteiger partial charge in [-0.05, 0) is 38.0 Å². The number of fused-ring (bicyclic) bond motifs is 1. The first-order valence-corrected chi connectivity index (χ1v) is 8.05. The maximum Gasteiger partial charge on any atom is 0.231 e. The third-order valence-corrected chi connectivity index (χ3v) is 4.07. The molecule has 3 rings (SSSR count). The van der Waals surface area contributed by atoms with Crippen LogP contribution in [0, 0.1) is 0 Å². The molecule has 0 unspecified atom stereocenters. The molecule has 1 aromatic carbocycles. The Balaban J connectivity index is 1.55. The van der Waals surface area contributed by atoms with Crippen LogP contribution in [0.2, 0.25) is 0 Å². The average molecular weight is 330 g/mol. The molecule has 0 aliphatic carbocycles. The number of hydrogen-bond acceptors (Lipinski definition) is 5. The lowest BCUT2D eigenvalue weighted by Gasteiger charge is -2.18. The molecule has 7 nitrogen and oxygen atoms in total. The van der Waals surface area contributed by atoms with Crippen LogP contribution < -0.4 is 9.47 Å². The molecule has 2 aromatic rings. The second-order valence-electron chi connectivity index (χ2n) is 6.19. The molecule has 1 aliphatic heterocycles. The van der Waals surface area contributed by atoms with Crippen LogP contribution in [0.25, 0.3) is 0 Å². The van der Waals surface area contributed by atoms with E-state index in [4.69, 9.17) is 9.47 Å². The van der Waals surface area contributed by atoms with E-state index in [-0.39, 0.29) is 18.7 Å². The van der Waals surface area contributed by atoms with Gasteiger partial charge in [0.2, 0.25) is 12.7 Å². The number of ether oxygens (including phenoxy) is 2. The molecule has 0 spiro atoms. The Kier molecular flexibility index (Phi) is 4.69. The third-order valence-electron chi connectivity index (χ3n) is 4.07. The van der Waals surface area contributed by atoms with Gasteiger partial charge < -0.3 is 18.9 Å². The molecule has 0 radical (unpaired) electrons. The van der Waals surface area contributed by atoms with Gasteiger partial charge >= 0.3 is 0 Å². The fourth-order valence-electron chi connectivity index (χ4n) is 2.65. The summed E-state index contributed by atoms with van der Waals surface area (Å²) < 4.78 is 12.6.